The third-order valence-corrected chi connectivity index (χ3v) is 7.59. The summed E-state index contributed by atoms with van der Waals surface area (Å²) in [7, 11) is 0. The fraction of sp³-hybridized carbons (Fsp3) is 0.423. The maximum atomic E-state index is 6.47. The Labute approximate surface area is 189 Å². The van der Waals surface area contributed by atoms with Crippen molar-refractivity contribution in [1.82, 2.24) is 0 Å². The van der Waals surface area contributed by atoms with E-state index in [2.05, 4.69) is 48.4 Å². The van der Waals surface area contributed by atoms with Gasteiger partial charge in [-0.05, 0) is 62.4 Å². The van der Waals surface area contributed by atoms with Crippen LogP contribution in [0.5, 0.6) is 0 Å². The minimum absolute atomic E-state index is 0.0682. The van der Waals surface area contributed by atoms with Crippen LogP contribution in [0.3, 0.4) is 0 Å². The zero-order valence-electron chi connectivity index (χ0n) is 17.4. The number of hydrogen-bond acceptors (Lipinski definition) is 1. The highest BCUT2D eigenvalue weighted by Crippen LogP contribution is 2.53. The maximum absolute atomic E-state index is 6.47. The van der Waals surface area contributed by atoms with E-state index in [-0.39, 0.29) is 11.5 Å². The Morgan fingerprint density at radius 3 is 2.53 bits per heavy atom. The van der Waals surface area contributed by atoms with Crippen LogP contribution in [0.15, 0.2) is 61.2 Å². The summed E-state index contributed by atoms with van der Waals surface area (Å²) in [4.78, 5) is 0. The number of allylic oxidation sites excluding steroid dienone is 1. The van der Waals surface area contributed by atoms with E-state index in [1.807, 2.05) is 24.3 Å². The molecule has 2 aliphatic heterocycles. The summed E-state index contributed by atoms with van der Waals surface area (Å²) in [6.45, 7) is 7.18. The Hall–Kier alpha value is -1.77. The molecule has 30 heavy (non-hydrogen) atoms. The number of nitrogens with zero attached hydrogens (tertiary/aromatic N) is 1. The molecule has 0 bridgehead atoms. The van der Waals surface area contributed by atoms with Gasteiger partial charge < -0.3 is 4.74 Å². The van der Waals surface area contributed by atoms with Crippen LogP contribution < -0.4 is 0 Å². The lowest BCUT2D eigenvalue weighted by Gasteiger charge is -2.38. The topological polar surface area (TPSA) is 12.2 Å². The van der Waals surface area contributed by atoms with Crippen molar-refractivity contribution in [3.8, 4) is 0 Å². The summed E-state index contributed by atoms with van der Waals surface area (Å²) in [5, 5.41) is 1.56. The molecular formula is C26H28Cl2NO+. The first kappa shape index (κ1) is 20.2. The Bertz CT molecular complexity index is 994. The van der Waals surface area contributed by atoms with Crippen LogP contribution in [0.1, 0.15) is 55.7 Å². The van der Waals surface area contributed by atoms with Gasteiger partial charge in [-0.3, -0.25) is 0 Å². The van der Waals surface area contributed by atoms with Gasteiger partial charge in [0.05, 0.1) is 11.3 Å². The summed E-state index contributed by atoms with van der Waals surface area (Å²) >= 11 is 12.7. The van der Waals surface area contributed by atoms with E-state index in [0.717, 1.165) is 41.3 Å². The van der Waals surface area contributed by atoms with Gasteiger partial charge in [-0.25, -0.2) is 0 Å². The molecule has 1 aliphatic carbocycles. The van der Waals surface area contributed by atoms with Crippen LogP contribution in [-0.2, 0) is 4.74 Å². The number of rotatable bonds is 5. The summed E-state index contributed by atoms with van der Waals surface area (Å²) in [5.41, 5.74) is 2.51. The lowest BCUT2D eigenvalue weighted by Crippen LogP contribution is -2.46. The molecule has 4 atom stereocenters. The van der Waals surface area contributed by atoms with Crippen LogP contribution in [0.2, 0.25) is 10.0 Å². The summed E-state index contributed by atoms with van der Waals surface area (Å²) in [6, 6.07) is 17.4. The van der Waals surface area contributed by atoms with Crippen LogP contribution in [0.4, 0.5) is 0 Å². The number of ether oxygens (including phenoxy) is 1. The van der Waals surface area contributed by atoms with E-state index in [1.165, 1.54) is 24.0 Å². The molecule has 0 radical (unpaired) electrons. The van der Waals surface area contributed by atoms with Gasteiger partial charge in [0.25, 0.3) is 0 Å². The second-order valence-electron chi connectivity index (χ2n) is 9.34. The molecule has 3 aliphatic rings. The van der Waals surface area contributed by atoms with Crippen LogP contribution in [-0.4, -0.2) is 23.1 Å². The fourth-order valence-electron chi connectivity index (χ4n) is 5.59. The molecule has 0 N–H and O–H groups in total. The SMILES string of the molecule is C=CC[C@@]1(C)C[C@H](c2cccc(Cl)c2)[C@@H](c2ccc(Cl)cc2)[N+]2=C1OC[C@@H]2C1CC1. The molecule has 2 heterocycles. The van der Waals surface area contributed by atoms with Gasteiger partial charge in [-0.15, -0.1) is 6.58 Å². The van der Waals surface area contributed by atoms with Gasteiger partial charge in [0.1, 0.15) is 0 Å². The highest BCUT2D eigenvalue weighted by molar-refractivity contribution is 6.30. The molecule has 1 fully saturated rings. The normalized spacial score (nSPS) is 30.7. The molecule has 5 rings (SSSR count). The molecule has 4 heteroatoms. The molecule has 0 spiro atoms. The van der Waals surface area contributed by atoms with Gasteiger partial charge >= 0.3 is 5.90 Å². The first-order valence-electron chi connectivity index (χ1n) is 10.9. The van der Waals surface area contributed by atoms with Crippen molar-refractivity contribution in [2.24, 2.45) is 11.3 Å². The summed E-state index contributed by atoms with van der Waals surface area (Å²) in [5.74, 6) is 2.18. The van der Waals surface area contributed by atoms with Crippen molar-refractivity contribution in [2.75, 3.05) is 6.61 Å². The minimum Gasteiger partial charge on any atom is -0.441 e. The first-order valence-corrected chi connectivity index (χ1v) is 11.7. The van der Waals surface area contributed by atoms with Gasteiger partial charge in [-0.1, -0.05) is 53.5 Å². The van der Waals surface area contributed by atoms with Gasteiger partial charge in [0.2, 0.25) is 0 Å². The standard InChI is InChI=1S/C26H28Cl2NO/c1-3-13-26(2)15-22(19-5-4-6-21(28)14-19)24(18-9-11-20(27)12-10-18)29-23(17-7-8-17)16-30-25(26)29/h3-6,9-12,14,17,22-24H,1,7-8,13,15-16H2,2H3/q+1/t22-,23-,24-,26+/m1/s1. The van der Waals surface area contributed by atoms with E-state index in [1.54, 1.807) is 0 Å². The van der Waals surface area contributed by atoms with E-state index < -0.39 is 0 Å². The Morgan fingerprint density at radius 2 is 1.87 bits per heavy atom. The minimum atomic E-state index is -0.0682. The number of benzene rings is 2. The third kappa shape index (κ3) is 3.48. The molecule has 1 saturated carbocycles. The van der Waals surface area contributed by atoms with Crippen molar-refractivity contribution in [3.05, 3.63) is 82.4 Å². The van der Waals surface area contributed by atoms with Crippen molar-refractivity contribution >= 4 is 29.1 Å². The molecule has 2 aromatic carbocycles. The Kier molecular flexibility index (Phi) is 5.19. The predicted molar refractivity (Wildman–Crippen MR) is 124 cm³/mol. The van der Waals surface area contributed by atoms with Crippen molar-refractivity contribution in [3.63, 3.8) is 0 Å². The molecule has 2 aromatic rings. The van der Waals surface area contributed by atoms with E-state index >= 15 is 0 Å². The van der Waals surface area contributed by atoms with Crippen molar-refractivity contribution < 1.29 is 9.31 Å². The van der Waals surface area contributed by atoms with Crippen molar-refractivity contribution in [1.29, 1.82) is 0 Å². The zero-order chi connectivity index (χ0) is 20.9. The van der Waals surface area contributed by atoms with E-state index in [0.29, 0.717) is 12.0 Å². The molecule has 0 amide bonds. The first-order chi connectivity index (χ1) is 14.5. The zero-order valence-corrected chi connectivity index (χ0v) is 18.9. The average molecular weight is 441 g/mol. The second-order valence-corrected chi connectivity index (χ2v) is 10.2. The largest absolute Gasteiger partial charge is 0.441 e. The molecule has 0 aromatic heterocycles. The lowest BCUT2D eigenvalue weighted by atomic mass is 9.69. The predicted octanol–water partition coefficient (Wildman–Crippen LogP) is 7.02. The Morgan fingerprint density at radius 1 is 1.10 bits per heavy atom. The van der Waals surface area contributed by atoms with Gasteiger partial charge in [0, 0.05) is 21.5 Å². The third-order valence-electron chi connectivity index (χ3n) is 7.10. The molecule has 0 unspecified atom stereocenters. The van der Waals surface area contributed by atoms with Gasteiger partial charge in [-0.2, -0.15) is 4.58 Å². The van der Waals surface area contributed by atoms with Crippen molar-refractivity contribution in [2.45, 2.75) is 50.6 Å². The maximum Gasteiger partial charge on any atom is 0.343 e. The molecule has 156 valence electrons. The van der Waals surface area contributed by atoms with Crippen LogP contribution >= 0.6 is 23.2 Å². The van der Waals surface area contributed by atoms with E-state index in [4.69, 9.17) is 27.9 Å². The monoisotopic (exact) mass is 440 g/mol. The lowest BCUT2D eigenvalue weighted by molar-refractivity contribution is -0.614. The summed E-state index contributed by atoms with van der Waals surface area (Å²) in [6.07, 6.45) is 6.53. The quantitative estimate of drug-likeness (QED) is 0.359. The van der Waals surface area contributed by atoms with Gasteiger partial charge in [0.15, 0.2) is 18.7 Å². The second kappa shape index (κ2) is 7.73. The smallest absolute Gasteiger partial charge is 0.343 e. The summed E-state index contributed by atoms with van der Waals surface area (Å²) < 4.78 is 9.09. The fourth-order valence-corrected chi connectivity index (χ4v) is 5.91. The number of halogens is 2. The highest BCUT2D eigenvalue weighted by Gasteiger charge is 2.59. The molecule has 2 nitrogen and oxygen atoms in total. The Balaban J connectivity index is 1.71. The van der Waals surface area contributed by atoms with Crippen LogP contribution in [0.25, 0.3) is 0 Å². The molecule has 0 saturated heterocycles. The average Bonchev–Trinajstić information content (AvgIpc) is 3.47. The highest BCUT2D eigenvalue weighted by atomic mass is 35.5. The van der Waals surface area contributed by atoms with Crippen LogP contribution in [0, 0.1) is 11.3 Å². The molecular weight excluding hydrogens is 413 g/mol. The van der Waals surface area contributed by atoms with E-state index in [9.17, 15) is 0 Å². The number of hydrogen-bond donors (Lipinski definition) is 0.